The van der Waals surface area contributed by atoms with Crippen LogP contribution in [-0.4, -0.2) is 24.1 Å². The lowest BCUT2D eigenvalue weighted by atomic mass is 10.1. The fourth-order valence-corrected chi connectivity index (χ4v) is 9.76. The van der Waals surface area contributed by atoms with Gasteiger partial charge in [0.05, 0.1) is 27.8 Å². The molecule has 5 nitrogen and oxygen atoms in total. The topological polar surface area (TPSA) is 48.5 Å². The molecule has 0 fully saturated rings. The predicted octanol–water partition coefficient (Wildman–Crippen LogP) is 12.9. The molecule has 0 aliphatic rings. The lowest BCUT2D eigenvalue weighted by Crippen LogP contribution is -2.06. The van der Waals surface area contributed by atoms with Crippen molar-refractivity contribution in [3.8, 4) is 34.4 Å². The quantitative estimate of drug-likeness (QED) is 0.182. The Kier molecular flexibility index (Phi) is 6.44. The highest BCUT2D eigenvalue weighted by Gasteiger charge is 2.23. The van der Waals surface area contributed by atoms with Gasteiger partial charge in [-0.15, -0.1) is 11.3 Å². The Morgan fingerprint density at radius 2 is 0.964 bits per heavy atom. The summed E-state index contributed by atoms with van der Waals surface area (Å²) < 4.78 is 7.00. The van der Waals surface area contributed by atoms with Crippen molar-refractivity contribution in [2.75, 3.05) is 0 Å². The molecule has 0 aliphatic heterocycles. The second-order valence-electron chi connectivity index (χ2n) is 14.0. The molecule has 0 bridgehead atoms. The Morgan fingerprint density at radius 1 is 0.400 bits per heavy atom. The Morgan fingerprint density at radius 3 is 1.69 bits per heavy atom. The van der Waals surface area contributed by atoms with Gasteiger partial charge in [0.25, 0.3) is 0 Å². The van der Waals surface area contributed by atoms with E-state index in [0.29, 0.717) is 17.6 Å². The monoisotopic (exact) mass is 719 g/mol. The molecule has 0 atom stereocenters. The summed E-state index contributed by atoms with van der Waals surface area (Å²) in [5, 5.41) is 9.67. The van der Waals surface area contributed by atoms with E-state index in [1.54, 1.807) is 11.3 Å². The van der Waals surface area contributed by atoms with E-state index in [1.165, 1.54) is 48.1 Å². The molecule has 0 aliphatic carbocycles. The minimum absolute atomic E-state index is 0.592. The first-order chi connectivity index (χ1) is 27.3. The smallest absolute Gasteiger partial charge is 0.238 e. The molecule has 8 aromatic carbocycles. The number of benzene rings is 8. The average Bonchev–Trinajstić information content (AvgIpc) is 3.91. The van der Waals surface area contributed by atoms with Gasteiger partial charge >= 0.3 is 0 Å². The number of thiophene rings is 1. The maximum Gasteiger partial charge on any atom is 0.238 e. The first-order valence-corrected chi connectivity index (χ1v) is 19.3. The van der Waals surface area contributed by atoms with Gasteiger partial charge in [0.15, 0.2) is 11.6 Å². The van der Waals surface area contributed by atoms with Gasteiger partial charge < -0.3 is 4.57 Å². The van der Waals surface area contributed by atoms with E-state index < -0.39 is 0 Å². The van der Waals surface area contributed by atoms with Gasteiger partial charge in [-0.3, -0.25) is 4.57 Å². The molecule has 256 valence electrons. The third kappa shape index (κ3) is 4.49. The highest BCUT2D eigenvalue weighted by atomic mass is 32.1. The summed E-state index contributed by atoms with van der Waals surface area (Å²) in [6, 6.07) is 62.5. The highest BCUT2D eigenvalue weighted by Crippen LogP contribution is 2.45. The summed E-state index contributed by atoms with van der Waals surface area (Å²) in [7, 11) is 0. The first kappa shape index (κ1) is 30.3. The average molecular weight is 720 g/mol. The van der Waals surface area contributed by atoms with Crippen LogP contribution >= 0.6 is 11.3 Å². The van der Waals surface area contributed by atoms with Gasteiger partial charge in [0, 0.05) is 52.8 Å². The number of aromatic nitrogens is 5. The van der Waals surface area contributed by atoms with E-state index in [2.05, 4.69) is 167 Å². The van der Waals surface area contributed by atoms with Gasteiger partial charge in [0.1, 0.15) is 0 Å². The molecule has 0 saturated carbocycles. The summed E-state index contributed by atoms with van der Waals surface area (Å²) in [5.41, 5.74) is 7.53. The van der Waals surface area contributed by atoms with Gasteiger partial charge in [-0.05, 0) is 59.3 Å². The molecule has 0 amide bonds. The van der Waals surface area contributed by atoms with Crippen LogP contribution in [-0.2, 0) is 0 Å². The number of nitrogens with zero attached hydrogens (tertiary/aromatic N) is 5. The van der Waals surface area contributed by atoms with Crippen LogP contribution in [0.4, 0.5) is 0 Å². The largest absolute Gasteiger partial charge is 0.309 e. The molecule has 6 heteroatoms. The van der Waals surface area contributed by atoms with E-state index in [1.807, 2.05) is 18.2 Å². The molecule has 0 N–H and O–H groups in total. The van der Waals surface area contributed by atoms with Crippen LogP contribution in [0.15, 0.2) is 176 Å². The molecule has 0 saturated heterocycles. The third-order valence-corrected chi connectivity index (χ3v) is 12.2. The molecular weight excluding hydrogens is 691 g/mol. The zero-order valence-corrected chi connectivity index (χ0v) is 30.2. The van der Waals surface area contributed by atoms with Gasteiger partial charge in [-0.1, -0.05) is 127 Å². The van der Waals surface area contributed by atoms with Crippen molar-refractivity contribution in [1.29, 1.82) is 0 Å². The van der Waals surface area contributed by atoms with Crippen molar-refractivity contribution in [3.05, 3.63) is 176 Å². The number of rotatable bonds is 4. The minimum atomic E-state index is 0.592. The van der Waals surface area contributed by atoms with Gasteiger partial charge in [-0.25, -0.2) is 4.98 Å². The molecule has 12 aromatic rings. The fraction of sp³-hybridized carbons (Fsp3) is 0. The zero-order chi connectivity index (χ0) is 36.0. The molecule has 12 rings (SSSR count). The number of hydrogen-bond donors (Lipinski definition) is 0. The standard InChI is InChI=1S/C49H29N5S/c1-2-14-30(15-3-1)47-50-48(52-49(51-47)54-40-23-11-6-18-33(40)34-19-7-12-24-41(34)54)37-26-27-42(45-36-21-9-13-25-44(36)55-46(37)45)53-39-22-10-8-20-35(39)38-28-31-16-4-5-17-32(31)29-43(38)53/h1-29H. The number of para-hydroxylation sites is 3. The van der Waals surface area contributed by atoms with Crippen molar-refractivity contribution < 1.29 is 0 Å². The molecule has 0 unspecified atom stereocenters. The summed E-state index contributed by atoms with van der Waals surface area (Å²) >= 11 is 1.80. The second kappa shape index (κ2) is 11.7. The SMILES string of the molecule is c1ccc(-c2nc(-c3ccc(-n4c5ccccc5c5cc6ccccc6cc54)c4c3sc3ccccc34)nc(-n3c4ccccc4c4ccccc43)n2)cc1. The van der Waals surface area contributed by atoms with Crippen LogP contribution < -0.4 is 0 Å². The molecule has 0 spiro atoms. The predicted molar refractivity (Wildman–Crippen MR) is 230 cm³/mol. The van der Waals surface area contributed by atoms with Crippen LogP contribution in [0.25, 0.3) is 109 Å². The van der Waals surface area contributed by atoms with Crippen molar-refractivity contribution >= 4 is 85.9 Å². The summed E-state index contributed by atoms with van der Waals surface area (Å²) in [5.74, 6) is 1.87. The Hall–Kier alpha value is -7.15. The Bertz CT molecular complexity index is 3450. The summed E-state index contributed by atoms with van der Waals surface area (Å²) in [6.07, 6.45) is 0. The lowest BCUT2D eigenvalue weighted by molar-refractivity contribution is 0.954. The molecule has 4 heterocycles. The number of fused-ring (bicyclic) bond motifs is 10. The highest BCUT2D eigenvalue weighted by molar-refractivity contribution is 7.26. The van der Waals surface area contributed by atoms with Crippen molar-refractivity contribution in [2.24, 2.45) is 0 Å². The molecular formula is C49H29N5S. The lowest BCUT2D eigenvalue weighted by Gasteiger charge is -2.14. The van der Waals surface area contributed by atoms with E-state index >= 15 is 0 Å². The van der Waals surface area contributed by atoms with Crippen molar-refractivity contribution in [1.82, 2.24) is 24.1 Å². The normalized spacial score (nSPS) is 12.0. The van der Waals surface area contributed by atoms with Gasteiger partial charge in [0.2, 0.25) is 5.95 Å². The van der Waals surface area contributed by atoms with E-state index in [-0.39, 0.29) is 0 Å². The van der Waals surface area contributed by atoms with Crippen LogP contribution in [0, 0.1) is 0 Å². The maximum atomic E-state index is 5.36. The Balaban J connectivity index is 1.18. The molecule has 55 heavy (non-hydrogen) atoms. The minimum Gasteiger partial charge on any atom is -0.309 e. The van der Waals surface area contributed by atoms with E-state index in [9.17, 15) is 0 Å². The Labute approximate surface area is 319 Å². The van der Waals surface area contributed by atoms with Crippen LogP contribution in [0.1, 0.15) is 0 Å². The fourth-order valence-electron chi connectivity index (χ4n) is 8.53. The summed E-state index contributed by atoms with van der Waals surface area (Å²) in [6.45, 7) is 0. The van der Waals surface area contributed by atoms with Crippen LogP contribution in [0.2, 0.25) is 0 Å². The van der Waals surface area contributed by atoms with E-state index in [0.717, 1.165) is 43.3 Å². The number of hydrogen-bond acceptors (Lipinski definition) is 4. The van der Waals surface area contributed by atoms with Crippen molar-refractivity contribution in [3.63, 3.8) is 0 Å². The zero-order valence-electron chi connectivity index (χ0n) is 29.4. The van der Waals surface area contributed by atoms with Crippen LogP contribution in [0.3, 0.4) is 0 Å². The van der Waals surface area contributed by atoms with Crippen LogP contribution in [0.5, 0.6) is 0 Å². The van der Waals surface area contributed by atoms with Gasteiger partial charge in [-0.2, -0.15) is 9.97 Å². The molecule has 0 radical (unpaired) electrons. The first-order valence-electron chi connectivity index (χ1n) is 18.5. The second-order valence-corrected chi connectivity index (χ2v) is 15.1. The summed E-state index contributed by atoms with van der Waals surface area (Å²) in [4.78, 5) is 15.8. The van der Waals surface area contributed by atoms with E-state index in [4.69, 9.17) is 15.0 Å². The molecule has 4 aromatic heterocycles. The third-order valence-electron chi connectivity index (χ3n) is 11.0. The van der Waals surface area contributed by atoms with Crippen molar-refractivity contribution in [2.45, 2.75) is 0 Å². The maximum absolute atomic E-state index is 5.36.